The number of hydrogen-bond donors (Lipinski definition) is 1. The Morgan fingerprint density at radius 2 is 1.86 bits per heavy atom. The molecule has 0 fully saturated rings. The minimum absolute atomic E-state index is 0.0203. The number of ether oxygens (including phenoxy) is 1. The van der Waals surface area contributed by atoms with E-state index in [1.807, 2.05) is 68.4 Å². The molecule has 0 saturated carbocycles. The zero-order valence-electron chi connectivity index (χ0n) is 16.3. The van der Waals surface area contributed by atoms with E-state index in [0.29, 0.717) is 25.3 Å². The van der Waals surface area contributed by atoms with Gasteiger partial charge in [-0.15, -0.1) is 6.58 Å². The predicted molar refractivity (Wildman–Crippen MR) is 111 cm³/mol. The maximum atomic E-state index is 12.0. The molecule has 0 unspecified atom stereocenters. The van der Waals surface area contributed by atoms with Crippen LogP contribution in [0.15, 0.2) is 67.3 Å². The largest absolute Gasteiger partial charge is 0.439 e. The molecule has 2 aromatic carbocycles. The van der Waals surface area contributed by atoms with Crippen molar-refractivity contribution in [3.63, 3.8) is 0 Å². The maximum Gasteiger partial charge on any atom is 0.226 e. The van der Waals surface area contributed by atoms with E-state index in [1.165, 1.54) is 5.56 Å². The van der Waals surface area contributed by atoms with Crippen LogP contribution in [-0.4, -0.2) is 22.2 Å². The molecule has 1 N–H and O–H groups in total. The minimum Gasteiger partial charge on any atom is -0.439 e. The molecule has 1 heterocycles. The molecule has 3 rings (SSSR count). The highest BCUT2D eigenvalue weighted by atomic mass is 16.5. The van der Waals surface area contributed by atoms with E-state index in [0.717, 1.165) is 22.7 Å². The minimum atomic E-state index is -0.0203. The number of carbonyl (C=O) groups excluding carboxylic acids is 1. The zero-order chi connectivity index (χ0) is 19.9. The van der Waals surface area contributed by atoms with Crippen molar-refractivity contribution in [1.82, 2.24) is 15.1 Å². The fourth-order valence-corrected chi connectivity index (χ4v) is 2.91. The molecule has 0 aliphatic heterocycles. The number of rotatable bonds is 8. The number of aromatic nitrogens is 2. The first-order valence-electron chi connectivity index (χ1n) is 9.34. The van der Waals surface area contributed by atoms with E-state index in [-0.39, 0.29) is 5.91 Å². The smallest absolute Gasteiger partial charge is 0.226 e. The van der Waals surface area contributed by atoms with E-state index >= 15 is 0 Å². The van der Waals surface area contributed by atoms with Gasteiger partial charge in [0.05, 0.1) is 11.4 Å². The third-order valence-electron chi connectivity index (χ3n) is 4.42. The Morgan fingerprint density at radius 1 is 1.14 bits per heavy atom. The number of carbonyl (C=O) groups is 1. The van der Waals surface area contributed by atoms with Gasteiger partial charge in [-0.05, 0) is 44.5 Å². The standard InChI is InChI=1S/C23H25N3O2/c1-4-16-24-22(27)15-14-21-18(3)25-26(19-8-6-5-7-9-19)23(21)28-20-12-10-17(2)11-13-20/h4-13H,1,14-16H2,2-3H3,(H,24,27). The van der Waals surface area contributed by atoms with Crippen LogP contribution in [0.3, 0.4) is 0 Å². The Hall–Kier alpha value is -3.34. The van der Waals surface area contributed by atoms with E-state index in [4.69, 9.17) is 4.74 Å². The second kappa shape index (κ2) is 9.04. The number of aryl methyl sites for hydroxylation is 2. The Kier molecular flexibility index (Phi) is 6.27. The van der Waals surface area contributed by atoms with Gasteiger partial charge in [0.2, 0.25) is 11.8 Å². The summed E-state index contributed by atoms with van der Waals surface area (Å²) in [5, 5.41) is 7.49. The molecule has 0 aliphatic carbocycles. The first-order chi connectivity index (χ1) is 13.6. The summed E-state index contributed by atoms with van der Waals surface area (Å²) in [4.78, 5) is 12.0. The zero-order valence-corrected chi connectivity index (χ0v) is 16.3. The Balaban J connectivity index is 1.93. The Morgan fingerprint density at radius 3 is 2.54 bits per heavy atom. The van der Waals surface area contributed by atoms with Crippen molar-refractivity contribution in [3.05, 3.63) is 84.1 Å². The Labute approximate surface area is 165 Å². The number of nitrogens with zero attached hydrogens (tertiary/aromatic N) is 2. The summed E-state index contributed by atoms with van der Waals surface area (Å²) in [6, 6.07) is 17.7. The van der Waals surface area contributed by atoms with Crippen molar-refractivity contribution in [2.75, 3.05) is 6.54 Å². The highest BCUT2D eigenvalue weighted by Crippen LogP contribution is 2.31. The molecule has 3 aromatic rings. The third kappa shape index (κ3) is 4.68. The number of hydrogen-bond acceptors (Lipinski definition) is 3. The van der Waals surface area contributed by atoms with Gasteiger partial charge in [-0.25, -0.2) is 4.68 Å². The molecular weight excluding hydrogens is 350 g/mol. The van der Waals surface area contributed by atoms with Crippen LogP contribution in [0.2, 0.25) is 0 Å². The van der Waals surface area contributed by atoms with Gasteiger partial charge in [-0.2, -0.15) is 5.10 Å². The molecule has 0 aliphatic rings. The predicted octanol–water partition coefficient (Wildman–Crippen LogP) is 4.52. The van der Waals surface area contributed by atoms with E-state index in [1.54, 1.807) is 10.8 Å². The maximum absolute atomic E-state index is 12.0. The molecule has 0 saturated heterocycles. The lowest BCUT2D eigenvalue weighted by Gasteiger charge is -2.12. The summed E-state index contributed by atoms with van der Waals surface area (Å²) in [5.74, 6) is 1.36. The lowest BCUT2D eigenvalue weighted by molar-refractivity contribution is -0.120. The SMILES string of the molecule is C=CCNC(=O)CCc1c(C)nn(-c2ccccc2)c1Oc1ccc(C)cc1. The molecule has 0 atom stereocenters. The molecule has 144 valence electrons. The topological polar surface area (TPSA) is 56.2 Å². The average Bonchev–Trinajstić information content (AvgIpc) is 3.02. The highest BCUT2D eigenvalue weighted by Gasteiger charge is 2.19. The van der Waals surface area contributed by atoms with Gasteiger partial charge < -0.3 is 10.1 Å². The molecule has 1 amide bonds. The molecule has 0 radical (unpaired) electrons. The Bertz CT molecular complexity index is 944. The van der Waals surface area contributed by atoms with Gasteiger partial charge in [0.1, 0.15) is 5.75 Å². The monoisotopic (exact) mass is 375 g/mol. The van der Waals surface area contributed by atoms with Crippen LogP contribution in [-0.2, 0) is 11.2 Å². The summed E-state index contributed by atoms with van der Waals surface area (Å²) in [5.41, 5.74) is 3.86. The van der Waals surface area contributed by atoms with Crippen molar-refractivity contribution in [1.29, 1.82) is 0 Å². The van der Waals surface area contributed by atoms with Gasteiger partial charge >= 0.3 is 0 Å². The summed E-state index contributed by atoms with van der Waals surface area (Å²) in [6.45, 7) is 8.07. The van der Waals surface area contributed by atoms with Crippen molar-refractivity contribution >= 4 is 5.91 Å². The van der Waals surface area contributed by atoms with Gasteiger partial charge in [-0.1, -0.05) is 42.0 Å². The molecule has 5 heteroatoms. The van der Waals surface area contributed by atoms with Crippen molar-refractivity contribution < 1.29 is 9.53 Å². The van der Waals surface area contributed by atoms with Gasteiger partial charge in [0, 0.05) is 18.5 Å². The molecule has 0 bridgehead atoms. The van der Waals surface area contributed by atoms with Crippen LogP contribution in [0.4, 0.5) is 0 Å². The molecular formula is C23H25N3O2. The number of amides is 1. The molecule has 0 spiro atoms. The molecule has 5 nitrogen and oxygen atoms in total. The second-order valence-electron chi connectivity index (χ2n) is 6.62. The van der Waals surface area contributed by atoms with E-state index in [9.17, 15) is 4.79 Å². The fourth-order valence-electron chi connectivity index (χ4n) is 2.91. The average molecular weight is 375 g/mol. The van der Waals surface area contributed by atoms with Gasteiger partial charge in [0.25, 0.3) is 0 Å². The fraction of sp³-hybridized carbons (Fsp3) is 0.217. The number of para-hydroxylation sites is 1. The number of benzene rings is 2. The van der Waals surface area contributed by atoms with Crippen LogP contribution in [0.1, 0.15) is 23.2 Å². The summed E-state index contributed by atoms with van der Waals surface area (Å²) >= 11 is 0. The van der Waals surface area contributed by atoms with Crippen LogP contribution < -0.4 is 10.1 Å². The third-order valence-corrected chi connectivity index (χ3v) is 4.42. The lowest BCUT2D eigenvalue weighted by Crippen LogP contribution is -2.23. The van der Waals surface area contributed by atoms with Gasteiger partial charge in [-0.3, -0.25) is 4.79 Å². The van der Waals surface area contributed by atoms with Crippen molar-refractivity contribution in [2.24, 2.45) is 0 Å². The van der Waals surface area contributed by atoms with Crippen LogP contribution in [0.25, 0.3) is 5.69 Å². The summed E-state index contributed by atoms with van der Waals surface area (Å²) in [7, 11) is 0. The summed E-state index contributed by atoms with van der Waals surface area (Å²) in [6.07, 6.45) is 2.57. The number of nitrogens with one attached hydrogen (secondary N) is 1. The molecule has 28 heavy (non-hydrogen) atoms. The van der Waals surface area contributed by atoms with E-state index in [2.05, 4.69) is 17.0 Å². The van der Waals surface area contributed by atoms with Crippen molar-refractivity contribution in [2.45, 2.75) is 26.7 Å². The van der Waals surface area contributed by atoms with Crippen LogP contribution in [0, 0.1) is 13.8 Å². The first-order valence-corrected chi connectivity index (χ1v) is 9.34. The summed E-state index contributed by atoms with van der Waals surface area (Å²) < 4.78 is 8.03. The van der Waals surface area contributed by atoms with E-state index < -0.39 is 0 Å². The lowest BCUT2D eigenvalue weighted by atomic mass is 10.1. The highest BCUT2D eigenvalue weighted by molar-refractivity contribution is 5.76. The first kappa shape index (κ1) is 19.4. The second-order valence-corrected chi connectivity index (χ2v) is 6.62. The normalized spacial score (nSPS) is 10.5. The van der Waals surface area contributed by atoms with Crippen molar-refractivity contribution in [3.8, 4) is 17.3 Å². The van der Waals surface area contributed by atoms with Crippen LogP contribution in [0.5, 0.6) is 11.6 Å². The quantitative estimate of drug-likeness (QED) is 0.589. The van der Waals surface area contributed by atoms with Crippen LogP contribution >= 0.6 is 0 Å². The molecule has 1 aromatic heterocycles. The van der Waals surface area contributed by atoms with Gasteiger partial charge in [0.15, 0.2) is 0 Å².